The predicted octanol–water partition coefficient (Wildman–Crippen LogP) is 4.92. The molecule has 0 aromatic rings. The molecule has 5 nitrogen and oxygen atoms in total. The van der Waals surface area contributed by atoms with Crippen LogP contribution in [0.2, 0.25) is 0 Å². The Morgan fingerprint density at radius 3 is 2.66 bits per heavy atom. The van der Waals surface area contributed by atoms with Gasteiger partial charge in [0.15, 0.2) is 12.0 Å². The van der Waals surface area contributed by atoms with Crippen LogP contribution in [0.25, 0.3) is 0 Å². The molecule has 5 unspecified atom stereocenters. The molecule has 1 aliphatic carbocycles. The average molecular weight is 430 g/mol. The Labute approximate surface area is 176 Å². The molecule has 0 saturated heterocycles. The number of ketones is 2. The molecule has 1 aliphatic rings. The van der Waals surface area contributed by atoms with E-state index >= 15 is 0 Å². The van der Waals surface area contributed by atoms with Crippen LogP contribution in [0.1, 0.15) is 78.1 Å². The van der Waals surface area contributed by atoms with Gasteiger partial charge in [-0.3, -0.25) is 14.4 Å². The zero-order chi connectivity index (χ0) is 21.6. The summed E-state index contributed by atoms with van der Waals surface area (Å²) in [6, 6.07) is 0. The molecular formula is C22H36FO5P. The monoisotopic (exact) mass is 430 g/mol. The van der Waals surface area contributed by atoms with Crippen LogP contribution in [0.3, 0.4) is 0 Å². The maximum absolute atomic E-state index is 13.9. The Bertz CT molecular complexity index is 551. The van der Waals surface area contributed by atoms with Gasteiger partial charge in [-0.15, -0.1) is 0 Å². The predicted molar refractivity (Wildman–Crippen MR) is 114 cm³/mol. The molecule has 0 aliphatic heterocycles. The second-order valence-corrected chi connectivity index (χ2v) is 7.91. The van der Waals surface area contributed by atoms with Gasteiger partial charge in [0.2, 0.25) is 0 Å². The molecule has 5 atom stereocenters. The number of carbonyl (C=O) groups excluding carboxylic acids is 3. The number of ether oxygens (including phenoxy) is 1. The number of rotatable bonds is 15. The van der Waals surface area contributed by atoms with Crippen LogP contribution in [-0.4, -0.2) is 36.4 Å². The van der Waals surface area contributed by atoms with Gasteiger partial charge in [-0.05, 0) is 44.9 Å². The summed E-state index contributed by atoms with van der Waals surface area (Å²) < 4.78 is 24.2. The molecule has 0 bridgehead atoms. The summed E-state index contributed by atoms with van der Waals surface area (Å²) >= 11 is 0. The highest BCUT2D eigenvalue weighted by molar-refractivity contribution is 7.09. The molecule has 166 valence electrons. The first-order chi connectivity index (χ1) is 13.9. The first-order valence-electron chi connectivity index (χ1n) is 10.8. The van der Waals surface area contributed by atoms with Crippen LogP contribution in [0, 0.1) is 11.8 Å². The van der Waals surface area contributed by atoms with E-state index in [1.54, 1.807) is 6.92 Å². The van der Waals surface area contributed by atoms with Crippen LogP contribution in [0.5, 0.6) is 0 Å². The number of esters is 1. The van der Waals surface area contributed by atoms with Gasteiger partial charge in [-0.1, -0.05) is 31.9 Å². The van der Waals surface area contributed by atoms with E-state index in [-0.39, 0.29) is 48.3 Å². The standard InChI is InChI=1S/C22H36FO5P/c1-3-5-11-18(23)19(24)14-13-17-16(20(25)15-21(17)28-29)10-8-6-7-9-12-22(26)27-4-2/h6,8,16-18,21H,3-5,7,9-15,29H2,1-2H3/b8-6-. The molecular weight excluding hydrogens is 394 g/mol. The van der Waals surface area contributed by atoms with Crippen molar-refractivity contribution in [3.63, 3.8) is 0 Å². The van der Waals surface area contributed by atoms with Crippen LogP contribution >= 0.6 is 9.47 Å². The lowest BCUT2D eigenvalue weighted by molar-refractivity contribution is -0.143. The smallest absolute Gasteiger partial charge is 0.305 e. The highest BCUT2D eigenvalue weighted by atomic mass is 31.0. The topological polar surface area (TPSA) is 69.7 Å². The SMILES string of the molecule is CCCCC(F)C(=O)CCC1C(OP)CC(=O)C1C/C=C\CCCC(=O)OCC. The van der Waals surface area contributed by atoms with Gasteiger partial charge in [0.1, 0.15) is 5.78 Å². The first kappa shape index (κ1) is 25.9. The van der Waals surface area contributed by atoms with Crippen LogP contribution in [0.4, 0.5) is 4.39 Å². The molecule has 1 rings (SSSR count). The Hall–Kier alpha value is -1.13. The van der Waals surface area contributed by atoms with Gasteiger partial charge in [0, 0.05) is 34.6 Å². The lowest BCUT2D eigenvalue weighted by atomic mass is 9.86. The molecule has 0 aromatic heterocycles. The van der Waals surface area contributed by atoms with E-state index in [1.165, 1.54) is 0 Å². The minimum absolute atomic E-state index is 0.0773. The number of hydrogen-bond donors (Lipinski definition) is 0. The number of Topliss-reactive ketones (excluding diaryl/α,β-unsaturated/α-hetero) is 2. The zero-order valence-electron chi connectivity index (χ0n) is 17.7. The van der Waals surface area contributed by atoms with Crippen molar-refractivity contribution < 1.29 is 28.0 Å². The van der Waals surface area contributed by atoms with Crippen molar-refractivity contribution in [3.8, 4) is 0 Å². The summed E-state index contributed by atoms with van der Waals surface area (Å²) in [5.41, 5.74) is 0. The van der Waals surface area contributed by atoms with Crippen LogP contribution in [0.15, 0.2) is 12.2 Å². The second-order valence-electron chi connectivity index (χ2n) is 7.63. The van der Waals surface area contributed by atoms with Gasteiger partial charge in [-0.2, -0.15) is 0 Å². The van der Waals surface area contributed by atoms with Crippen LogP contribution < -0.4 is 0 Å². The van der Waals surface area contributed by atoms with E-state index in [2.05, 4.69) is 9.47 Å². The molecule has 29 heavy (non-hydrogen) atoms. The summed E-state index contributed by atoms with van der Waals surface area (Å²) in [5.74, 6) is -0.709. The summed E-state index contributed by atoms with van der Waals surface area (Å²) in [6.45, 7) is 4.14. The van der Waals surface area contributed by atoms with Gasteiger partial charge in [-0.25, -0.2) is 4.39 Å². The van der Waals surface area contributed by atoms with Crippen molar-refractivity contribution >= 4 is 27.0 Å². The molecule has 7 heteroatoms. The molecule has 0 spiro atoms. The van der Waals surface area contributed by atoms with Crippen LogP contribution in [-0.2, 0) is 23.6 Å². The Morgan fingerprint density at radius 2 is 2.00 bits per heavy atom. The fraction of sp³-hybridized carbons (Fsp3) is 0.773. The fourth-order valence-corrected chi connectivity index (χ4v) is 4.11. The summed E-state index contributed by atoms with van der Waals surface area (Å²) in [4.78, 5) is 35.8. The number of hydrogen-bond acceptors (Lipinski definition) is 5. The molecule has 1 saturated carbocycles. The quantitative estimate of drug-likeness (QED) is 0.160. The van der Waals surface area contributed by atoms with Crippen molar-refractivity contribution in [1.29, 1.82) is 0 Å². The fourth-order valence-electron chi connectivity index (χ4n) is 3.81. The lowest BCUT2D eigenvalue weighted by Gasteiger charge is -2.22. The van der Waals surface area contributed by atoms with Gasteiger partial charge < -0.3 is 9.26 Å². The number of halogens is 1. The number of unbranched alkanes of at least 4 members (excludes halogenated alkanes) is 2. The Balaban J connectivity index is 2.49. The third-order valence-electron chi connectivity index (χ3n) is 5.48. The molecule has 0 N–H and O–H groups in total. The summed E-state index contributed by atoms with van der Waals surface area (Å²) in [6.07, 6.45) is 7.51. The van der Waals surface area contributed by atoms with E-state index in [0.717, 1.165) is 12.8 Å². The molecule has 0 amide bonds. The van der Waals surface area contributed by atoms with Crippen molar-refractivity contribution in [2.45, 2.75) is 90.3 Å². The minimum Gasteiger partial charge on any atom is -0.466 e. The zero-order valence-corrected chi connectivity index (χ0v) is 18.9. The average Bonchev–Trinajstić information content (AvgIpc) is 3.01. The number of carbonyl (C=O) groups is 3. The van der Waals surface area contributed by atoms with Crippen molar-refractivity contribution in [1.82, 2.24) is 0 Å². The first-order valence-corrected chi connectivity index (χ1v) is 11.3. The third kappa shape index (κ3) is 9.48. The molecule has 0 aromatic carbocycles. The normalized spacial score (nSPS) is 22.9. The van der Waals surface area contributed by atoms with Crippen molar-refractivity contribution in [2.75, 3.05) is 6.61 Å². The maximum atomic E-state index is 13.9. The van der Waals surface area contributed by atoms with Crippen molar-refractivity contribution in [2.24, 2.45) is 11.8 Å². The van der Waals surface area contributed by atoms with E-state index < -0.39 is 6.17 Å². The lowest BCUT2D eigenvalue weighted by Crippen LogP contribution is -2.24. The largest absolute Gasteiger partial charge is 0.466 e. The highest BCUT2D eigenvalue weighted by Crippen LogP contribution is 2.38. The van der Waals surface area contributed by atoms with E-state index in [0.29, 0.717) is 45.1 Å². The minimum atomic E-state index is -1.40. The summed E-state index contributed by atoms with van der Waals surface area (Å²) in [5, 5.41) is 0. The Kier molecular flexibility index (Phi) is 13.2. The van der Waals surface area contributed by atoms with E-state index in [1.807, 2.05) is 19.1 Å². The third-order valence-corrected chi connectivity index (χ3v) is 5.83. The highest BCUT2D eigenvalue weighted by Gasteiger charge is 2.42. The summed E-state index contributed by atoms with van der Waals surface area (Å²) in [7, 11) is 2.21. The molecule has 0 heterocycles. The number of alkyl halides is 1. The van der Waals surface area contributed by atoms with E-state index in [4.69, 9.17) is 9.26 Å². The van der Waals surface area contributed by atoms with E-state index in [9.17, 15) is 18.8 Å². The van der Waals surface area contributed by atoms with Gasteiger partial charge in [0.25, 0.3) is 0 Å². The van der Waals surface area contributed by atoms with Gasteiger partial charge >= 0.3 is 5.97 Å². The van der Waals surface area contributed by atoms with Gasteiger partial charge in [0.05, 0.1) is 12.7 Å². The molecule has 1 fully saturated rings. The number of allylic oxidation sites excluding steroid dienone is 2. The maximum Gasteiger partial charge on any atom is 0.305 e. The second kappa shape index (κ2) is 14.8. The Morgan fingerprint density at radius 1 is 1.24 bits per heavy atom. The molecule has 0 radical (unpaired) electrons. The van der Waals surface area contributed by atoms with Crippen molar-refractivity contribution in [3.05, 3.63) is 12.2 Å².